The Bertz CT molecular complexity index is 456. The van der Waals surface area contributed by atoms with Gasteiger partial charge in [-0.25, -0.2) is 0 Å². The minimum absolute atomic E-state index is 0.428. The molecule has 1 aromatic rings. The first-order valence-electron chi connectivity index (χ1n) is 7.84. The Hall–Kier alpha value is -0.380. The second-order valence-electron chi connectivity index (χ2n) is 6.14. The summed E-state index contributed by atoms with van der Waals surface area (Å²) in [4.78, 5) is 0. The third-order valence-corrected chi connectivity index (χ3v) is 5.96. The third-order valence-electron chi connectivity index (χ3n) is 5.18. The number of hydrogen-bond donors (Lipinski definition) is 1. The molecule has 2 nitrogen and oxygen atoms in total. The van der Waals surface area contributed by atoms with E-state index in [9.17, 15) is 0 Å². The molecule has 0 saturated heterocycles. The van der Waals surface area contributed by atoms with E-state index in [4.69, 9.17) is 4.74 Å². The van der Waals surface area contributed by atoms with Crippen LogP contribution >= 0.6 is 15.9 Å². The average Bonchev–Trinajstić information content (AvgIpc) is 2.96. The maximum atomic E-state index is 5.97. The van der Waals surface area contributed by atoms with E-state index in [0.29, 0.717) is 17.6 Å². The van der Waals surface area contributed by atoms with Gasteiger partial charge in [-0.1, -0.05) is 47.0 Å². The second-order valence-corrected chi connectivity index (χ2v) is 7.00. The van der Waals surface area contributed by atoms with E-state index in [1.54, 1.807) is 0 Å². The lowest BCUT2D eigenvalue weighted by Gasteiger charge is -2.54. The van der Waals surface area contributed by atoms with Crippen LogP contribution in [0.4, 0.5) is 0 Å². The van der Waals surface area contributed by atoms with Crippen LogP contribution in [0.5, 0.6) is 0 Å². The predicted molar refractivity (Wildman–Crippen MR) is 85.7 cm³/mol. The molecule has 1 spiro atoms. The Balaban J connectivity index is 1.62. The first-order chi connectivity index (χ1) is 9.76. The summed E-state index contributed by atoms with van der Waals surface area (Å²) < 4.78 is 7.17. The maximum Gasteiger partial charge on any atom is 0.0661 e. The van der Waals surface area contributed by atoms with E-state index < -0.39 is 0 Å². The molecule has 0 bridgehead atoms. The number of rotatable bonds is 5. The fraction of sp³-hybridized carbons (Fsp3) is 0.647. The molecule has 110 valence electrons. The van der Waals surface area contributed by atoms with Crippen LogP contribution in [0.2, 0.25) is 0 Å². The van der Waals surface area contributed by atoms with Gasteiger partial charge < -0.3 is 10.1 Å². The molecule has 2 saturated carbocycles. The van der Waals surface area contributed by atoms with Gasteiger partial charge in [0, 0.05) is 29.1 Å². The molecule has 0 heterocycles. The van der Waals surface area contributed by atoms with Crippen molar-refractivity contribution < 1.29 is 4.74 Å². The van der Waals surface area contributed by atoms with Crippen molar-refractivity contribution in [3.63, 3.8) is 0 Å². The van der Waals surface area contributed by atoms with Crippen molar-refractivity contribution in [3.05, 3.63) is 34.3 Å². The predicted octanol–water partition coefficient (Wildman–Crippen LogP) is 4.28. The van der Waals surface area contributed by atoms with Crippen LogP contribution < -0.4 is 5.32 Å². The van der Waals surface area contributed by atoms with Crippen molar-refractivity contribution in [1.29, 1.82) is 0 Å². The summed E-state index contributed by atoms with van der Waals surface area (Å²) in [6.45, 7) is 3.92. The highest BCUT2D eigenvalue weighted by molar-refractivity contribution is 9.10. The summed E-state index contributed by atoms with van der Waals surface area (Å²) in [6, 6.07) is 9.12. The summed E-state index contributed by atoms with van der Waals surface area (Å²) in [5, 5.41) is 3.79. The molecule has 0 amide bonds. The van der Waals surface area contributed by atoms with Crippen molar-refractivity contribution in [2.24, 2.45) is 5.41 Å². The molecule has 2 fully saturated rings. The zero-order valence-corrected chi connectivity index (χ0v) is 13.8. The highest BCUT2D eigenvalue weighted by atomic mass is 79.9. The number of benzene rings is 1. The molecular weight excluding hydrogens is 314 g/mol. The molecule has 1 N–H and O–H groups in total. The average molecular weight is 338 g/mol. The molecule has 3 rings (SSSR count). The molecule has 20 heavy (non-hydrogen) atoms. The molecule has 2 aliphatic carbocycles. The van der Waals surface area contributed by atoms with Crippen LogP contribution in [0.3, 0.4) is 0 Å². The van der Waals surface area contributed by atoms with Gasteiger partial charge in [-0.3, -0.25) is 0 Å². The van der Waals surface area contributed by atoms with E-state index in [0.717, 1.165) is 13.2 Å². The smallest absolute Gasteiger partial charge is 0.0661 e. The van der Waals surface area contributed by atoms with E-state index in [-0.39, 0.29) is 0 Å². The second kappa shape index (κ2) is 6.17. The molecular formula is C17H24BrNO. The van der Waals surface area contributed by atoms with Gasteiger partial charge in [0.25, 0.3) is 0 Å². The molecule has 3 heteroatoms. The maximum absolute atomic E-state index is 5.97. The van der Waals surface area contributed by atoms with Gasteiger partial charge in [0.2, 0.25) is 0 Å². The lowest BCUT2D eigenvalue weighted by atomic mass is 9.60. The van der Waals surface area contributed by atoms with Crippen LogP contribution in [0.1, 0.15) is 44.6 Å². The van der Waals surface area contributed by atoms with Gasteiger partial charge >= 0.3 is 0 Å². The molecule has 0 aliphatic heterocycles. The van der Waals surface area contributed by atoms with Gasteiger partial charge in [0.05, 0.1) is 6.10 Å². The minimum atomic E-state index is 0.428. The summed E-state index contributed by atoms with van der Waals surface area (Å²) in [5.41, 5.74) is 1.78. The van der Waals surface area contributed by atoms with Crippen molar-refractivity contribution in [3.8, 4) is 0 Å². The monoisotopic (exact) mass is 337 g/mol. The van der Waals surface area contributed by atoms with E-state index >= 15 is 0 Å². The number of nitrogens with one attached hydrogen (secondary N) is 1. The van der Waals surface area contributed by atoms with E-state index in [1.165, 1.54) is 42.1 Å². The summed E-state index contributed by atoms with van der Waals surface area (Å²) in [5.74, 6) is 0. The van der Waals surface area contributed by atoms with Crippen molar-refractivity contribution in [2.45, 2.75) is 57.7 Å². The lowest BCUT2D eigenvalue weighted by Crippen LogP contribution is -2.62. The normalized spacial score (nSPS) is 27.7. The molecule has 2 aliphatic rings. The zero-order valence-electron chi connectivity index (χ0n) is 12.2. The van der Waals surface area contributed by atoms with Crippen LogP contribution in [0, 0.1) is 5.41 Å². The lowest BCUT2D eigenvalue weighted by molar-refractivity contribution is -0.130. The Morgan fingerprint density at radius 2 is 2.05 bits per heavy atom. The van der Waals surface area contributed by atoms with Crippen molar-refractivity contribution in [1.82, 2.24) is 5.32 Å². The minimum Gasteiger partial charge on any atom is -0.378 e. The molecule has 1 aromatic carbocycles. The first-order valence-corrected chi connectivity index (χ1v) is 8.64. The first kappa shape index (κ1) is 14.6. The molecule has 0 aromatic heterocycles. The van der Waals surface area contributed by atoms with Gasteiger partial charge in [0.15, 0.2) is 0 Å². The summed E-state index contributed by atoms with van der Waals surface area (Å²) >= 11 is 3.63. The van der Waals surface area contributed by atoms with Crippen molar-refractivity contribution in [2.75, 3.05) is 6.61 Å². The standard InChI is InChI=1S/C17H24BrNO/c1-2-20-16-11-15(17(16)9-5-6-10-17)19-12-13-7-3-4-8-14(13)18/h3-4,7-8,15-16,19H,2,5-6,9-12H2,1H3. The van der Waals surface area contributed by atoms with Crippen LogP contribution in [0.15, 0.2) is 28.7 Å². The highest BCUT2D eigenvalue weighted by Gasteiger charge is 2.56. The Morgan fingerprint density at radius 1 is 1.30 bits per heavy atom. The molecule has 2 unspecified atom stereocenters. The van der Waals surface area contributed by atoms with E-state index in [1.807, 2.05) is 0 Å². The fourth-order valence-corrected chi connectivity index (χ4v) is 4.47. The van der Waals surface area contributed by atoms with Gasteiger partial charge in [0.1, 0.15) is 0 Å². The molecule has 2 atom stereocenters. The fourth-order valence-electron chi connectivity index (χ4n) is 4.05. The van der Waals surface area contributed by atoms with Crippen LogP contribution in [-0.4, -0.2) is 18.8 Å². The van der Waals surface area contributed by atoms with Gasteiger partial charge in [-0.05, 0) is 37.8 Å². The van der Waals surface area contributed by atoms with Crippen molar-refractivity contribution >= 4 is 15.9 Å². The van der Waals surface area contributed by atoms with E-state index in [2.05, 4.69) is 52.4 Å². The van der Waals surface area contributed by atoms with Crippen LogP contribution in [-0.2, 0) is 11.3 Å². The Labute approximate surface area is 130 Å². The Morgan fingerprint density at radius 3 is 2.75 bits per heavy atom. The van der Waals surface area contributed by atoms with Crippen LogP contribution in [0.25, 0.3) is 0 Å². The third kappa shape index (κ3) is 2.56. The number of hydrogen-bond acceptors (Lipinski definition) is 2. The highest BCUT2D eigenvalue weighted by Crippen LogP contribution is 2.54. The Kier molecular flexibility index (Phi) is 4.49. The quantitative estimate of drug-likeness (QED) is 0.865. The van der Waals surface area contributed by atoms with Gasteiger partial charge in [-0.15, -0.1) is 0 Å². The molecule has 0 radical (unpaired) electrons. The number of ether oxygens (including phenoxy) is 1. The van der Waals surface area contributed by atoms with Gasteiger partial charge in [-0.2, -0.15) is 0 Å². The summed E-state index contributed by atoms with van der Waals surface area (Å²) in [6.07, 6.45) is 7.09. The largest absolute Gasteiger partial charge is 0.378 e. The zero-order chi connectivity index (χ0) is 14.0. The number of halogens is 1. The topological polar surface area (TPSA) is 21.3 Å². The summed E-state index contributed by atoms with van der Waals surface area (Å²) in [7, 11) is 0. The SMILES string of the molecule is CCOC1CC(NCc2ccccc2Br)C12CCCC2.